The van der Waals surface area contributed by atoms with Gasteiger partial charge in [-0.2, -0.15) is 17.8 Å². The average Bonchev–Trinajstić information content (AvgIpc) is 2.71. The van der Waals surface area contributed by atoms with Crippen molar-refractivity contribution >= 4 is 12.0 Å². The summed E-state index contributed by atoms with van der Waals surface area (Å²) < 4.78 is 45.4. The van der Waals surface area contributed by atoms with Gasteiger partial charge in [0.1, 0.15) is 5.60 Å². The Morgan fingerprint density at radius 1 is 1.18 bits per heavy atom. The minimum absolute atomic E-state index is 0.0820. The highest BCUT2D eigenvalue weighted by molar-refractivity contribution is 5.68. The van der Waals surface area contributed by atoms with E-state index in [0.29, 0.717) is 29.8 Å². The van der Waals surface area contributed by atoms with Gasteiger partial charge in [0.2, 0.25) is 5.95 Å². The molecule has 2 aromatic rings. The summed E-state index contributed by atoms with van der Waals surface area (Å²) in [5.74, 6) is 0.270. The Kier molecular flexibility index (Phi) is 6.86. The summed E-state index contributed by atoms with van der Waals surface area (Å²) in [6.45, 7) is 7.54. The molecule has 34 heavy (non-hydrogen) atoms. The van der Waals surface area contributed by atoms with E-state index in [4.69, 9.17) is 4.74 Å². The molecule has 1 atom stereocenters. The Hall–Kier alpha value is -3.24. The number of anilines is 1. The molecule has 0 bridgehead atoms. The van der Waals surface area contributed by atoms with Crippen LogP contribution in [0.2, 0.25) is 0 Å². The normalized spacial score (nSPS) is 14.9. The molecular formula is C23H30F3N5O3. The fourth-order valence-corrected chi connectivity index (χ4v) is 3.65. The molecule has 11 heteroatoms. The van der Waals surface area contributed by atoms with Crippen LogP contribution in [0.1, 0.15) is 56.1 Å². The first-order valence-corrected chi connectivity index (χ1v) is 10.9. The van der Waals surface area contributed by atoms with Crippen LogP contribution in [0.3, 0.4) is 0 Å². The first-order chi connectivity index (χ1) is 15.7. The number of hydrogen-bond acceptors (Lipinski definition) is 6. The third-order valence-electron chi connectivity index (χ3n) is 5.34. The summed E-state index contributed by atoms with van der Waals surface area (Å²) in [7, 11) is 3.36. The molecule has 1 N–H and O–H groups in total. The zero-order valence-electron chi connectivity index (χ0n) is 20.2. The van der Waals surface area contributed by atoms with Crippen LogP contribution in [-0.2, 0) is 23.9 Å². The molecular weight excluding hydrogens is 451 g/mol. The summed E-state index contributed by atoms with van der Waals surface area (Å²) >= 11 is 0. The topological polar surface area (TPSA) is 79.7 Å². The SMILES string of the molecule is CC(Nc1nc2c(c(=O)n1N(C)C)CN(C(=O)OC(C)(C)C)CC2)c1ccc(C(F)(F)F)cc1. The van der Waals surface area contributed by atoms with Crippen molar-refractivity contribution in [2.24, 2.45) is 0 Å². The van der Waals surface area contributed by atoms with E-state index in [9.17, 15) is 22.8 Å². The lowest BCUT2D eigenvalue weighted by Gasteiger charge is -2.32. The number of benzene rings is 1. The van der Waals surface area contributed by atoms with Crippen LogP contribution < -0.4 is 15.9 Å². The van der Waals surface area contributed by atoms with Crippen molar-refractivity contribution in [3.8, 4) is 0 Å². The second-order valence-electron chi connectivity index (χ2n) is 9.46. The van der Waals surface area contributed by atoms with Gasteiger partial charge in [-0.15, -0.1) is 0 Å². The minimum Gasteiger partial charge on any atom is -0.444 e. The molecule has 0 fully saturated rings. The zero-order chi connectivity index (χ0) is 25.4. The lowest BCUT2D eigenvalue weighted by atomic mass is 10.1. The van der Waals surface area contributed by atoms with Crippen molar-refractivity contribution in [1.29, 1.82) is 0 Å². The molecule has 186 valence electrons. The molecule has 0 saturated carbocycles. The maximum atomic E-state index is 13.3. The first kappa shape index (κ1) is 25.4. The Bertz CT molecular complexity index is 1110. The molecule has 8 nitrogen and oxygen atoms in total. The van der Waals surface area contributed by atoms with E-state index in [1.807, 2.05) is 0 Å². The number of carbonyl (C=O) groups excluding carboxylic acids is 1. The zero-order valence-corrected chi connectivity index (χ0v) is 20.2. The molecule has 1 aromatic heterocycles. The van der Waals surface area contributed by atoms with E-state index < -0.39 is 29.5 Å². The van der Waals surface area contributed by atoms with Gasteiger partial charge in [0.05, 0.1) is 29.4 Å². The highest BCUT2D eigenvalue weighted by atomic mass is 19.4. The monoisotopic (exact) mass is 481 g/mol. The molecule has 1 aliphatic rings. The number of halogens is 3. The lowest BCUT2D eigenvalue weighted by molar-refractivity contribution is -0.137. The lowest BCUT2D eigenvalue weighted by Crippen LogP contribution is -2.46. The van der Waals surface area contributed by atoms with Crippen molar-refractivity contribution in [3.05, 3.63) is 57.0 Å². The van der Waals surface area contributed by atoms with E-state index in [-0.39, 0.29) is 18.1 Å². The smallest absolute Gasteiger partial charge is 0.416 e. The molecule has 0 saturated heterocycles. The standard InChI is InChI=1S/C23H30F3N5O3/c1-14(15-7-9-16(10-8-15)23(24,25)26)27-20-28-18-11-12-30(21(33)34-22(2,3)4)13-17(18)19(32)31(20)29(5)6/h7-10,14H,11-13H2,1-6H3,(H,27,28). The number of aromatic nitrogens is 2. The number of ether oxygens (including phenoxy) is 1. The van der Waals surface area contributed by atoms with Crippen molar-refractivity contribution < 1.29 is 22.7 Å². The van der Waals surface area contributed by atoms with Crippen molar-refractivity contribution in [2.45, 2.75) is 58.5 Å². The second kappa shape index (κ2) is 9.19. The summed E-state index contributed by atoms with van der Waals surface area (Å²) in [4.78, 5) is 31.9. The number of carbonyl (C=O) groups is 1. The summed E-state index contributed by atoms with van der Waals surface area (Å²) in [5.41, 5.74) is -0.118. The van der Waals surface area contributed by atoms with Crippen LogP contribution in [0.5, 0.6) is 0 Å². The average molecular weight is 482 g/mol. The van der Waals surface area contributed by atoms with Crippen LogP contribution in [0, 0.1) is 0 Å². The number of nitrogens with one attached hydrogen (secondary N) is 1. The molecule has 1 aromatic carbocycles. The van der Waals surface area contributed by atoms with Gasteiger partial charge in [0.15, 0.2) is 0 Å². The van der Waals surface area contributed by atoms with Gasteiger partial charge in [-0.05, 0) is 45.4 Å². The maximum Gasteiger partial charge on any atom is 0.416 e. The summed E-state index contributed by atoms with van der Waals surface area (Å²) in [6.07, 6.45) is -4.53. The third-order valence-corrected chi connectivity index (χ3v) is 5.34. The van der Waals surface area contributed by atoms with Gasteiger partial charge in [0.25, 0.3) is 5.56 Å². The molecule has 1 aliphatic heterocycles. The Balaban J connectivity index is 1.88. The fourth-order valence-electron chi connectivity index (χ4n) is 3.65. The van der Waals surface area contributed by atoms with Gasteiger partial charge in [-0.25, -0.2) is 9.78 Å². The van der Waals surface area contributed by atoms with E-state index >= 15 is 0 Å². The first-order valence-electron chi connectivity index (χ1n) is 10.9. The Labute approximate surface area is 196 Å². The predicted octanol–water partition coefficient (Wildman–Crippen LogP) is 3.93. The minimum atomic E-state index is -4.41. The van der Waals surface area contributed by atoms with Crippen molar-refractivity contribution in [3.63, 3.8) is 0 Å². The van der Waals surface area contributed by atoms with Gasteiger partial charge < -0.3 is 20.0 Å². The maximum absolute atomic E-state index is 13.3. The van der Waals surface area contributed by atoms with Crippen molar-refractivity contribution in [2.75, 3.05) is 31.0 Å². The van der Waals surface area contributed by atoms with Crippen LogP contribution >= 0.6 is 0 Å². The number of alkyl halides is 3. The van der Waals surface area contributed by atoms with E-state index in [0.717, 1.165) is 12.1 Å². The summed E-state index contributed by atoms with van der Waals surface area (Å²) in [5, 5.41) is 4.71. The van der Waals surface area contributed by atoms with E-state index in [1.54, 1.807) is 46.8 Å². The van der Waals surface area contributed by atoms with Crippen LogP contribution in [0.4, 0.5) is 23.9 Å². The number of hydrogen-bond donors (Lipinski definition) is 1. The summed E-state index contributed by atoms with van der Waals surface area (Å²) in [6, 6.07) is 4.43. The Morgan fingerprint density at radius 3 is 2.32 bits per heavy atom. The van der Waals surface area contributed by atoms with Gasteiger partial charge in [-0.1, -0.05) is 12.1 Å². The highest BCUT2D eigenvalue weighted by Gasteiger charge is 2.31. The van der Waals surface area contributed by atoms with E-state index in [2.05, 4.69) is 10.3 Å². The van der Waals surface area contributed by atoms with Crippen LogP contribution in [-0.4, -0.2) is 46.9 Å². The van der Waals surface area contributed by atoms with Crippen LogP contribution in [0.25, 0.3) is 0 Å². The molecule has 1 unspecified atom stereocenters. The molecule has 1 amide bonds. The third kappa shape index (κ3) is 5.63. The molecule has 3 rings (SSSR count). The van der Waals surface area contributed by atoms with Gasteiger partial charge >= 0.3 is 12.3 Å². The largest absolute Gasteiger partial charge is 0.444 e. The number of fused-ring (bicyclic) bond motifs is 1. The quantitative estimate of drug-likeness (QED) is 0.713. The number of nitrogens with zero attached hydrogens (tertiary/aromatic N) is 4. The fraction of sp³-hybridized carbons (Fsp3) is 0.522. The molecule has 0 radical (unpaired) electrons. The predicted molar refractivity (Wildman–Crippen MR) is 122 cm³/mol. The molecule has 0 aliphatic carbocycles. The number of rotatable bonds is 4. The van der Waals surface area contributed by atoms with Gasteiger partial charge in [-0.3, -0.25) is 4.79 Å². The highest BCUT2D eigenvalue weighted by Crippen LogP contribution is 2.30. The van der Waals surface area contributed by atoms with E-state index in [1.165, 1.54) is 21.7 Å². The van der Waals surface area contributed by atoms with Gasteiger partial charge in [0, 0.05) is 27.1 Å². The van der Waals surface area contributed by atoms with Crippen molar-refractivity contribution in [1.82, 2.24) is 14.6 Å². The molecule has 0 spiro atoms. The number of amides is 1. The second-order valence-corrected chi connectivity index (χ2v) is 9.46. The van der Waals surface area contributed by atoms with Crippen LogP contribution in [0.15, 0.2) is 29.1 Å². The Morgan fingerprint density at radius 2 is 1.79 bits per heavy atom. The molecule has 2 heterocycles.